The minimum absolute atomic E-state index is 1.21. The van der Waals surface area contributed by atoms with Crippen LogP contribution in [0.2, 0.25) is 0 Å². The van der Waals surface area contributed by atoms with E-state index in [0.29, 0.717) is 0 Å². The summed E-state index contributed by atoms with van der Waals surface area (Å²) in [6.07, 6.45) is 0. The number of rotatable bonds is 1. The molecule has 0 atom stereocenters. The summed E-state index contributed by atoms with van der Waals surface area (Å²) in [7, 11) is 0. The Morgan fingerprint density at radius 1 is 0.667 bits per heavy atom. The number of benzene rings is 2. The van der Waals surface area contributed by atoms with Crippen molar-refractivity contribution in [1.29, 1.82) is 0 Å². The average Bonchev–Trinajstić information content (AvgIpc) is 2.51. The zero-order chi connectivity index (χ0) is 12.5. The molecule has 0 aliphatic carbocycles. The predicted octanol–water partition coefficient (Wildman–Crippen LogP) is 3.68. The second-order valence-corrected chi connectivity index (χ2v) is 5.32. The molecule has 3 rings (SSSR count). The Morgan fingerprint density at radius 3 is 1.39 bits per heavy atom. The third-order valence-corrected chi connectivity index (χ3v) is 3.71. The molecule has 1 N–H and O–H groups in total. The zero-order valence-corrected chi connectivity index (χ0v) is 11.3. The summed E-state index contributed by atoms with van der Waals surface area (Å²) in [4.78, 5) is 0. The van der Waals surface area contributed by atoms with E-state index in [9.17, 15) is 0 Å². The van der Waals surface area contributed by atoms with Crippen molar-refractivity contribution in [3.63, 3.8) is 0 Å². The van der Waals surface area contributed by atoms with Crippen LogP contribution >= 0.6 is 11.8 Å². The molecule has 1 aliphatic rings. The lowest BCUT2D eigenvalue weighted by atomic mass is 10.1. The van der Waals surface area contributed by atoms with Crippen molar-refractivity contribution in [3.8, 4) is 11.1 Å². The highest BCUT2D eigenvalue weighted by Gasteiger charge is 1.94. The van der Waals surface area contributed by atoms with Crippen molar-refractivity contribution in [2.45, 2.75) is 0 Å². The van der Waals surface area contributed by atoms with E-state index in [2.05, 4.69) is 53.8 Å². The van der Waals surface area contributed by atoms with Crippen LogP contribution in [0.4, 0.5) is 0 Å². The van der Waals surface area contributed by atoms with E-state index in [-0.39, 0.29) is 0 Å². The molecule has 2 aromatic carbocycles. The van der Waals surface area contributed by atoms with E-state index in [1.54, 1.807) is 0 Å². The molecule has 2 heteroatoms. The molecule has 94 valence electrons. The smallest absolute Gasteiger partial charge is 0.00585 e. The van der Waals surface area contributed by atoms with Crippen molar-refractivity contribution in [1.82, 2.24) is 5.32 Å². The van der Waals surface area contributed by atoms with Crippen molar-refractivity contribution >= 4 is 11.8 Å². The molecule has 18 heavy (non-hydrogen) atoms. The van der Waals surface area contributed by atoms with Gasteiger partial charge in [0.15, 0.2) is 0 Å². The fourth-order valence-electron chi connectivity index (χ4n) is 1.78. The van der Waals surface area contributed by atoms with Crippen LogP contribution in [0.3, 0.4) is 0 Å². The van der Waals surface area contributed by atoms with E-state index < -0.39 is 0 Å². The van der Waals surface area contributed by atoms with Gasteiger partial charge in [0.2, 0.25) is 0 Å². The van der Waals surface area contributed by atoms with Crippen molar-refractivity contribution < 1.29 is 0 Å². The highest BCUT2D eigenvalue weighted by atomic mass is 32.2. The fraction of sp³-hybridized carbons (Fsp3) is 0.250. The molecule has 1 aliphatic heterocycles. The third kappa shape index (κ3) is 4.55. The van der Waals surface area contributed by atoms with Gasteiger partial charge in [-0.2, -0.15) is 11.8 Å². The van der Waals surface area contributed by atoms with Crippen molar-refractivity contribution in [2.75, 3.05) is 24.6 Å². The van der Waals surface area contributed by atoms with Crippen molar-refractivity contribution in [2.24, 2.45) is 0 Å². The standard InChI is InChI=1S/C12H10.C4H9NS/c1-3-7-11(8-4-1)12-9-5-2-6-10-12;1-3-6-4-2-5-1/h1-10H;5H,1-4H2. The van der Waals surface area contributed by atoms with E-state index in [1.165, 1.54) is 35.7 Å². The summed E-state index contributed by atoms with van der Waals surface area (Å²) in [6.45, 7) is 2.43. The van der Waals surface area contributed by atoms with Gasteiger partial charge in [-0.25, -0.2) is 0 Å². The molecular weight excluding hydrogens is 238 g/mol. The van der Waals surface area contributed by atoms with Crippen LogP contribution < -0.4 is 5.32 Å². The second-order valence-electron chi connectivity index (χ2n) is 4.09. The summed E-state index contributed by atoms with van der Waals surface area (Å²) in [5, 5.41) is 3.26. The molecule has 0 bridgehead atoms. The lowest BCUT2D eigenvalue weighted by Crippen LogP contribution is -2.24. The van der Waals surface area contributed by atoms with Crippen LogP contribution in [-0.2, 0) is 0 Å². The summed E-state index contributed by atoms with van der Waals surface area (Å²) >= 11 is 2.03. The van der Waals surface area contributed by atoms with Gasteiger partial charge in [-0.05, 0) is 11.1 Å². The maximum absolute atomic E-state index is 3.26. The molecule has 1 fully saturated rings. The molecule has 1 nitrogen and oxygen atoms in total. The third-order valence-electron chi connectivity index (χ3n) is 2.73. The average molecular weight is 257 g/mol. The summed E-state index contributed by atoms with van der Waals surface area (Å²) in [5.41, 5.74) is 2.55. The van der Waals surface area contributed by atoms with Gasteiger partial charge in [0.1, 0.15) is 0 Å². The predicted molar refractivity (Wildman–Crippen MR) is 82.1 cm³/mol. The maximum Gasteiger partial charge on any atom is 0.00585 e. The molecule has 0 radical (unpaired) electrons. The van der Waals surface area contributed by atoms with E-state index in [4.69, 9.17) is 0 Å². The Kier molecular flexibility index (Phi) is 5.83. The van der Waals surface area contributed by atoms with Gasteiger partial charge in [-0.3, -0.25) is 0 Å². The number of thioether (sulfide) groups is 1. The van der Waals surface area contributed by atoms with E-state index in [1.807, 2.05) is 23.9 Å². The van der Waals surface area contributed by atoms with E-state index >= 15 is 0 Å². The quantitative estimate of drug-likeness (QED) is 0.836. The zero-order valence-electron chi connectivity index (χ0n) is 10.5. The van der Waals surface area contributed by atoms with Gasteiger partial charge in [0, 0.05) is 24.6 Å². The Morgan fingerprint density at radius 2 is 1.11 bits per heavy atom. The van der Waals surface area contributed by atoms with Crippen LogP contribution in [0.15, 0.2) is 60.7 Å². The fourth-order valence-corrected chi connectivity index (χ4v) is 2.56. The largest absolute Gasteiger partial charge is 0.315 e. The number of hydrogen-bond donors (Lipinski definition) is 1. The van der Waals surface area contributed by atoms with Crippen LogP contribution in [0, 0.1) is 0 Å². The first-order valence-corrected chi connectivity index (χ1v) is 7.51. The van der Waals surface area contributed by atoms with Gasteiger partial charge >= 0.3 is 0 Å². The number of nitrogens with one attached hydrogen (secondary N) is 1. The summed E-state index contributed by atoms with van der Waals surface area (Å²) in [6, 6.07) is 20.8. The van der Waals surface area contributed by atoms with Gasteiger partial charge in [-0.1, -0.05) is 60.7 Å². The first-order chi connectivity index (χ1) is 8.97. The Balaban J connectivity index is 0.000000169. The molecule has 0 spiro atoms. The Hall–Kier alpha value is -1.25. The first-order valence-electron chi connectivity index (χ1n) is 6.36. The summed E-state index contributed by atoms with van der Waals surface area (Å²) in [5.74, 6) is 2.61. The van der Waals surface area contributed by atoms with Crippen molar-refractivity contribution in [3.05, 3.63) is 60.7 Å². The molecule has 0 saturated carbocycles. The van der Waals surface area contributed by atoms with Crippen LogP contribution in [0.5, 0.6) is 0 Å². The highest BCUT2D eigenvalue weighted by molar-refractivity contribution is 7.99. The van der Waals surface area contributed by atoms with Crippen LogP contribution in [0.25, 0.3) is 11.1 Å². The maximum atomic E-state index is 3.26. The molecule has 0 unspecified atom stereocenters. The minimum atomic E-state index is 1.21. The highest BCUT2D eigenvalue weighted by Crippen LogP contribution is 2.17. The lowest BCUT2D eigenvalue weighted by Gasteiger charge is -2.08. The van der Waals surface area contributed by atoms with Gasteiger partial charge in [0.05, 0.1) is 0 Å². The van der Waals surface area contributed by atoms with Gasteiger partial charge < -0.3 is 5.32 Å². The lowest BCUT2D eigenvalue weighted by molar-refractivity contribution is 0.756. The monoisotopic (exact) mass is 257 g/mol. The molecule has 0 amide bonds. The Bertz CT molecular complexity index is 374. The molecule has 2 aromatic rings. The van der Waals surface area contributed by atoms with Crippen LogP contribution in [-0.4, -0.2) is 24.6 Å². The summed E-state index contributed by atoms with van der Waals surface area (Å²) < 4.78 is 0. The van der Waals surface area contributed by atoms with Gasteiger partial charge in [-0.15, -0.1) is 0 Å². The molecular formula is C16H19NS. The van der Waals surface area contributed by atoms with Crippen LogP contribution in [0.1, 0.15) is 0 Å². The number of hydrogen-bond acceptors (Lipinski definition) is 2. The Labute approximate surface area is 114 Å². The van der Waals surface area contributed by atoms with E-state index in [0.717, 1.165) is 0 Å². The minimum Gasteiger partial charge on any atom is -0.315 e. The SMILES string of the molecule is C1CSCCN1.c1ccc(-c2ccccc2)cc1. The second kappa shape index (κ2) is 7.96. The molecule has 0 aromatic heterocycles. The van der Waals surface area contributed by atoms with Gasteiger partial charge in [0.25, 0.3) is 0 Å². The first kappa shape index (κ1) is 13.2. The topological polar surface area (TPSA) is 12.0 Å². The molecule has 1 heterocycles. The molecule has 1 saturated heterocycles. The normalized spacial score (nSPS) is 14.4.